The minimum absolute atomic E-state index is 0.00456. The molecule has 1 aliphatic heterocycles. The predicted molar refractivity (Wildman–Crippen MR) is 75.1 cm³/mol. The number of methoxy groups -OCH3 is 1. The molecule has 0 aromatic carbocycles. The average Bonchev–Trinajstić information content (AvgIpc) is 3.02. The lowest BCUT2D eigenvalue weighted by molar-refractivity contribution is -0.136. The minimum Gasteiger partial charge on any atom is -0.481 e. The van der Waals surface area contributed by atoms with Crippen molar-refractivity contribution in [2.75, 3.05) is 13.7 Å². The maximum atomic E-state index is 12.7. The van der Waals surface area contributed by atoms with Crippen molar-refractivity contribution in [1.29, 1.82) is 0 Å². The second-order valence-electron chi connectivity index (χ2n) is 5.62. The van der Waals surface area contributed by atoms with Gasteiger partial charge in [-0.3, -0.25) is 9.59 Å². The number of aliphatic carboxylic acids is 1. The van der Waals surface area contributed by atoms with E-state index in [1.807, 2.05) is 0 Å². The molecule has 2 atom stereocenters. The Bertz CT molecular complexity index is 522. The molecule has 2 heterocycles. The Morgan fingerprint density at radius 3 is 2.81 bits per heavy atom. The Labute approximate surface area is 123 Å². The fourth-order valence-electron chi connectivity index (χ4n) is 3.03. The van der Waals surface area contributed by atoms with E-state index in [0.29, 0.717) is 12.1 Å². The molecule has 1 aromatic rings. The van der Waals surface area contributed by atoms with E-state index in [9.17, 15) is 9.59 Å². The molecule has 0 spiro atoms. The largest absolute Gasteiger partial charge is 0.481 e. The number of ether oxygens (including phenoxy) is 1. The van der Waals surface area contributed by atoms with E-state index in [1.165, 1.54) is 12.3 Å². The molecule has 1 aromatic heterocycles. The number of hydrogen-bond acceptors (Lipinski definition) is 4. The number of furan rings is 1. The lowest BCUT2D eigenvalue weighted by atomic mass is 9.98. The van der Waals surface area contributed by atoms with Crippen molar-refractivity contribution in [3.8, 4) is 0 Å². The molecule has 0 saturated carbocycles. The molecule has 1 saturated heterocycles. The minimum atomic E-state index is -1.02. The van der Waals surface area contributed by atoms with Crippen LogP contribution in [0.25, 0.3) is 0 Å². The topological polar surface area (TPSA) is 80.0 Å². The van der Waals surface area contributed by atoms with Crippen LogP contribution in [0.1, 0.15) is 36.4 Å². The highest BCUT2D eigenvalue weighted by Gasteiger charge is 2.40. The van der Waals surface area contributed by atoms with Gasteiger partial charge in [-0.15, -0.1) is 0 Å². The van der Waals surface area contributed by atoms with Crippen LogP contribution in [0.15, 0.2) is 16.7 Å². The Morgan fingerprint density at radius 2 is 2.24 bits per heavy atom. The summed E-state index contributed by atoms with van der Waals surface area (Å²) in [5.74, 6) is -0.735. The summed E-state index contributed by atoms with van der Waals surface area (Å²) in [5.41, 5.74) is 0.333. The number of carbonyl (C=O) groups excluding carboxylic acids is 1. The molecular weight excluding hydrogens is 274 g/mol. The van der Waals surface area contributed by atoms with Crippen molar-refractivity contribution in [2.45, 2.75) is 38.8 Å². The van der Waals surface area contributed by atoms with Crippen LogP contribution in [0.2, 0.25) is 0 Å². The van der Waals surface area contributed by atoms with E-state index >= 15 is 0 Å². The number of rotatable bonds is 5. The summed E-state index contributed by atoms with van der Waals surface area (Å²) >= 11 is 0. The summed E-state index contributed by atoms with van der Waals surface area (Å²) in [5, 5.41) is 8.87. The Kier molecular flexibility index (Phi) is 4.67. The van der Waals surface area contributed by atoms with Gasteiger partial charge in [0.15, 0.2) is 0 Å². The normalized spacial score (nSPS) is 22.0. The number of carboxylic acid groups (broad SMARTS) is 1. The first kappa shape index (κ1) is 15.6. The molecule has 1 N–H and O–H groups in total. The maximum Gasteiger partial charge on any atom is 0.311 e. The van der Waals surface area contributed by atoms with Gasteiger partial charge >= 0.3 is 5.97 Å². The standard InChI is InChI=1S/C15H21NO5/c1-9(2)14-11(20-3)4-6-16(14)15(19)10-5-7-21-12(10)8-13(17)18/h5,7,9,11,14H,4,6,8H2,1-3H3,(H,17,18)/t11-,14-/m1/s1. The second kappa shape index (κ2) is 6.30. The van der Waals surface area contributed by atoms with Crippen molar-refractivity contribution in [3.63, 3.8) is 0 Å². The van der Waals surface area contributed by atoms with Gasteiger partial charge in [0.1, 0.15) is 12.2 Å². The Morgan fingerprint density at radius 1 is 1.52 bits per heavy atom. The zero-order valence-corrected chi connectivity index (χ0v) is 12.5. The highest BCUT2D eigenvalue weighted by Crippen LogP contribution is 2.29. The first-order valence-electron chi connectivity index (χ1n) is 7.07. The van der Waals surface area contributed by atoms with Gasteiger partial charge in [-0.1, -0.05) is 13.8 Å². The third-order valence-corrected chi connectivity index (χ3v) is 3.93. The number of hydrogen-bond donors (Lipinski definition) is 1. The lowest BCUT2D eigenvalue weighted by Crippen LogP contribution is -2.43. The molecule has 0 unspecified atom stereocenters. The quantitative estimate of drug-likeness (QED) is 0.896. The molecular formula is C15H21NO5. The number of likely N-dealkylation sites (tertiary alicyclic amines) is 1. The van der Waals surface area contributed by atoms with Gasteiger partial charge in [-0.25, -0.2) is 0 Å². The molecule has 6 nitrogen and oxygen atoms in total. The van der Waals surface area contributed by atoms with Crippen LogP contribution in [-0.4, -0.2) is 47.7 Å². The number of amides is 1. The third-order valence-electron chi connectivity index (χ3n) is 3.93. The molecule has 0 bridgehead atoms. The van der Waals surface area contributed by atoms with Crippen LogP contribution >= 0.6 is 0 Å². The van der Waals surface area contributed by atoms with Crippen LogP contribution in [0.5, 0.6) is 0 Å². The van der Waals surface area contributed by atoms with Crippen LogP contribution in [0.3, 0.4) is 0 Å². The van der Waals surface area contributed by atoms with E-state index in [1.54, 1.807) is 12.0 Å². The predicted octanol–water partition coefficient (Wildman–Crippen LogP) is 1.79. The molecule has 21 heavy (non-hydrogen) atoms. The number of carbonyl (C=O) groups is 2. The average molecular weight is 295 g/mol. The highest BCUT2D eigenvalue weighted by molar-refractivity contribution is 5.96. The second-order valence-corrected chi connectivity index (χ2v) is 5.62. The summed E-state index contributed by atoms with van der Waals surface area (Å²) in [6.45, 7) is 4.71. The molecule has 2 rings (SSSR count). The molecule has 6 heteroatoms. The van der Waals surface area contributed by atoms with Gasteiger partial charge in [-0.2, -0.15) is 0 Å². The van der Waals surface area contributed by atoms with E-state index in [4.69, 9.17) is 14.3 Å². The van der Waals surface area contributed by atoms with Crippen molar-refractivity contribution < 1.29 is 23.8 Å². The molecule has 116 valence electrons. The molecule has 1 aliphatic rings. The molecule has 1 fully saturated rings. The van der Waals surface area contributed by atoms with Crippen molar-refractivity contribution in [3.05, 3.63) is 23.7 Å². The van der Waals surface area contributed by atoms with Crippen molar-refractivity contribution >= 4 is 11.9 Å². The molecule has 0 aliphatic carbocycles. The van der Waals surface area contributed by atoms with Crippen LogP contribution in [0, 0.1) is 5.92 Å². The summed E-state index contributed by atoms with van der Waals surface area (Å²) in [6, 6.07) is 1.54. The van der Waals surface area contributed by atoms with E-state index < -0.39 is 5.97 Å². The van der Waals surface area contributed by atoms with Gasteiger partial charge in [0.05, 0.1) is 24.0 Å². The number of carboxylic acids is 1. The maximum absolute atomic E-state index is 12.7. The van der Waals surface area contributed by atoms with Crippen molar-refractivity contribution in [1.82, 2.24) is 4.90 Å². The Hall–Kier alpha value is -1.82. The van der Waals surface area contributed by atoms with Gasteiger partial charge in [-0.05, 0) is 18.4 Å². The van der Waals surface area contributed by atoms with E-state index in [0.717, 1.165) is 6.42 Å². The van der Waals surface area contributed by atoms with Crippen LogP contribution in [-0.2, 0) is 16.0 Å². The fraction of sp³-hybridized carbons (Fsp3) is 0.600. The highest BCUT2D eigenvalue weighted by atomic mass is 16.5. The van der Waals surface area contributed by atoms with E-state index in [-0.39, 0.29) is 36.2 Å². The SMILES string of the molecule is CO[C@@H]1CCN(C(=O)c2ccoc2CC(=O)O)[C@@H]1C(C)C. The summed E-state index contributed by atoms with van der Waals surface area (Å²) in [6.07, 6.45) is 1.88. The van der Waals surface area contributed by atoms with E-state index in [2.05, 4.69) is 13.8 Å². The number of nitrogens with zero attached hydrogens (tertiary/aromatic N) is 1. The van der Waals surface area contributed by atoms with Gasteiger partial charge in [0.25, 0.3) is 5.91 Å². The first-order chi connectivity index (χ1) is 9.95. The van der Waals surface area contributed by atoms with Gasteiger partial charge in [0, 0.05) is 13.7 Å². The Balaban J connectivity index is 2.23. The van der Waals surface area contributed by atoms with Gasteiger partial charge < -0.3 is 19.2 Å². The van der Waals surface area contributed by atoms with Crippen LogP contribution < -0.4 is 0 Å². The zero-order valence-electron chi connectivity index (χ0n) is 12.5. The monoisotopic (exact) mass is 295 g/mol. The smallest absolute Gasteiger partial charge is 0.311 e. The molecule has 1 amide bonds. The van der Waals surface area contributed by atoms with Crippen molar-refractivity contribution in [2.24, 2.45) is 5.92 Å². The third kappa shape index (κ3) is 3.10. The lowest BCUT2D eigenvalue weighted by Gasteiger charge is -2.30. The van der Waals surface area contributed by atoms with Gasteiger partial charge in [0.2, 0.25) is 0 Å². The molecule has 0 radical (unpaired) electrons. The summed E-state index contributed by atoms with van der Waals surface area (Å²) in [4.78, 5) is 25.3. The summed E-state index contributed by atoms with van der Waals surface area (Å²) in [7, 11) is 1.65. The summed E-state index contributed by atoms with van der Waals surface area (Å²) < 4.78 is 10.6. The fourth-order valence-corrected chi connectivity index (χ4v) is 3.03. The zero-order chi connectivity index (χ0) is 15.6. The first-order valence-corrected chi connectivity index (χ1v) is 7.07. The van der Waals surface area contributed by atoms with Crippen LogP contribution in [0.4, 0.5) is 0 Å².